The summed E-state index contributed by atoms with van der Waals surface area (Å²) >= 11 is 4.41. The number of imide groups is 1. The van der Waals surface area contributed by atoms with Crippen LogP contribution in [0.4, 0.5) is 10.5 Å². The van der Waals surface area contributed by atoms with Gasteiger partial charge in [-0.2, -0.15) is 0 Å². The summed E-state index contributed by atoms with van der Waals surface area (Å²) < 4.78 is 9.11. The van der Waals surface area contributed by atoms with Crippen LogP contribution in [0.15, 0.2) is 94.3 Å². The Bertz CT molecular complexity index is 1460. The van der Waals surface area contributed by atoms with E-state index in [4.69, 9.17) is 4.74 Å². The standard InChI is InChI=1S/C29H23BrN2O3S/c1-19-16-22(17-27-28(33)32(29(34)36-27)24-6-4-3-5-7-24)20(2)31(19)25-12-14-26(15-13-25)35-18-21-8-10-23(30)11-9-21/h3-17H,18H2,1-2H3/b27-17+. The van der Waals surface area contributed by atoms with E-state index in [0.717, 1.165) is 50.2 Å². The Morgan fingerprint density at radius 1 is 0.889 bits per heavy atom. The van der Waals surface area contributed by atoms with Gasteiger partial charge in [0.15, 0.2) is 0 Å². The third kappa shape index (κ3) is 4.90. The molecule has 4 aromatic rings. The average molecular weight is 559 g/mol. The molecule has 180 valence electrons. The first-order valence-corrected chi connectivity index (χ1v) is 13.0. The van der Waals surface area contributed by atoms with Crippen LogP contribution in [-0.2, 0) is 11.4 Å². The van der Waals surface area contributed by atoms with Crippen LogP contribution in [0.1, 0.15) is 22.5 Å². The minimum Gasteiger partial charge on any atom is -0.489 e. The van der Waals surface area contributed by atoms with E-state index in [1.807, 2.05) is 92.7 Å². The lowest BCUT2D eigenvalue weighted by molar-refractivity contribution is -0.113. The molecule has 3 aromatic carbocycles. The second kappa shape index (κ2) is 10.2. The lowest BCUT2D eigenvalue weighted by Gasteiger charge is -2.12. The smallest absolute Gasteiger partial charge is 0.298 e. The maximum absolute atomic E-state index is 13.0. The van der Waals surface area contributed by atoms with Crippen LogP contribution in [0.2, 0.25) is 0 Å². The predicted octanol–water partition coefficient (Wildman–Crippen LogP) is 7.68. The summed E-state index contributed by atoms with van der Waals surface area (Å²) in [6, 6.07) is 27.0. The van der Waals surface area contributed by atoms with Gasteiger partial charge in [0, 0.05) is 21.5 Å². The molecule has 5 rings (SSSR count). The number of anilines is 1. The van der Waals surface area contributed by atoms with Crippen molar-refractivity contribution in [2.24, 2.45) is 0 Å². The number of carbonyl (C=O) groups excluding carboxylic acids is 2. The number of aryl methyl sites for hydroxylation is 1. The molecule has 0 aliphatic carbocycles. The minimum absolute atomic E-state index is 0.287. The lowest BCUT2D eigenvalue weighted by Crippen LogP contribution is -2.27. The summed E-state index contributed by atoms with van der Waals surface area (Å²) in [5.74, 6) is 0.493. The maximum atomic E-state index is 13.0. The van der Waals surface area contributed by atoms with Gasteiger partial charge < -0.3 is 9.30 Å². The Morgan fingerprint density at radius 2 is 1.58 bits per heavy atom. The molecule has 7 heteroatoms. The zero-order chi connectivity index (χ0) is 25.2. The van der Waals surface area contributed by atoms with Gasteiger partial charge in [0.05, 0.1) is 10.6 Å². The first-order valence-electron chi connectivity index (χ1n) is 11.4. The quantitative estimate of drug-likeness (QED) is 0.228. The molecule has 1 aliphatic rings. The first-order chi connectivity index (χ1) is 17.4. The molecule has 5 nitrogen and oxygen atoms in total. The van der Waals surface area contributed by atoms with E-state index in [1.165, 1.54) is 4.90 Å². The molecule has 2 heterocycles. The van der Waals surface area contributed by atoms with Gasteiger partial charge in [-0.3, -0.25) is 9.59 Å². The highest BCUT2D eigenvalue weighted by Crippen LogP contribution is 2.36. The van der Waals surface area contributed by atoms with Crippen LogP contribution >= 0.6 is 27.7 Å². The van der Waals surface area contributed by atoms with Crippen LogP contribution in [-0.4, -0.2) is 15.7 Å². The molecule has 1 saturated heterocycles. The molecule has 2 amide bonds. The van der Waals surface area contributed by atoms with Crippen molar-refractivity contribution in [3.63, 3.8) is 0 Å². The lowest BCUT2D eigenvalue weighted by atomic mass is 10.2. The van der Waals surface area contributed by atoms with Gasteiger partial charge in [-0.1, -0.05) is 46.3 Å². The minimum atomic E-state index is -0.298. The van der Waals surface area contributed by atoms with Gasteiger partial charge in [0.25, 0.3) is 11.1 Å². The largest absolute Gasteiger partial charge is 0.489 e. The van der Waals surface area contributed by atoms with Crippen LogP contribution in [0, 0.1) is 13.8 Å². The molecule has 0 bridgehead atoms. The molecule has 0 N–H and O–H groups in total. The highest BCUT2D eigenvalue weighted by Gasteiger charge is 2.36. The zero-order valence-corrected chi connectivity index (χ0v) is 22.2. The van der Waals surface area contributed by atoms with Crippen molar-refractivity contribution in [3.8, 4) is 11.4 Å². The summed E-state index contributed by atoms with van der Waals surface area (Å²) in [4.78, 5) is 27.2. The first kappa shape index (κ1) is 24.2. The third-order valence-corrected chi connectivity index (χ3v) is 7.38. The normalized spacial score (nSPS) is 14.6. The van der Waals surface area contributed by atoms with Gasteiger partial charge in [-0.05, 0) is 97.4 Å². The number of carbonyl (C=O) groups is 2. The summed E-state index contributed by atoms with van der Waals surface area (Å²) in [7, 11) is 0. The Morgan fingerprint density at radius 3 is 2.28 bits per heavy atom. The second-order valence-electron chi connectivity index (χ2n) is 8.42. The summed E-state index contributed by atoms with van der Waals surface area (Å²) in [5.41, 5.74) is 5.60. The number of hydrogen-bond acceptors (Lipinski definition) is 4. The molecule has 1 fully saturated rings. The Labute approximate surface area is 222 Å². The Kier molecular flexibility index (Phi) is 6.85. The number of hydrogen-bond donors (Lipinski definition) is 0. The van der Waals surface area contributed by atoms with Gasteiger partial charge in [0.1, 0.15) is 12.4 Å². The number of benzene rings is 3. The molecule has 1 aromatic heterocycles. The molecule has 1 aliphatic heterocycles. The van der Waals surface area contributed by atoms with Crippen LogP contribution < -0.4 is 9.64 Å². The Balaban J connectivity index is 1.35. The van der Waals surface area contributed by atoms with E-state index < -0.39 is 0 Å². The number of nitrogens with zero attached hydrogens (tertiary/aromatic N) is 2. The highest BCUT2D eigenvalue weighted by molar-refractivity contribution is 9.10. The molecule has 0 saturated carbocycles. The van der Waals surface area contributed by atoms with Gasteiger partial charge in [0.2, 0.25) is 0 Å². The molecular weight excluding hydrogens is 536 g/mol. The average Bonchev–Trinajstić information content (AvgIpc) is 3.32. The van der Waals surface area contributed by atoms with Crippen molar-refractivity contribution in [3.05, 3.63) is 117 Å². The van der Waals surface area contributed by atoms with Crippen LogP contribution in [0.5, 0.6) is 5.75 Å². The summed E-state index contributed by atoms with van der Waals surface area (Å²) in [6.07, 6.45) is 1.81. The fraction of sp³-hybridized carbons (Fsp3) is 0.103. The van der Waals surface area contributed by atoms with Gasteiger partial charge in [-0.25, -0.2) is 4.90 Å². The molecule has 0 atom stereocenters. The molecule has 0 spiro atoms. The molecule has 0 unspecified atom stereocenters. The fourth-order valence-corrected chi connectivity index (χ4v) is 5.27. The predicted molar refractivity (Wildman–Crippen MR) is 149 cm³/mol. The number of aromatic nitrogens is 1. The SMILES string of the molecule is Cc1cc(/C=C2/SC(=O)N(c3ccccc3)C2=O)c(C)n1-c1ccc(OCc2ccc(Br)cc2)cc1. The van der Waals surface area contributed by atoms with Gasteiger partial charge >= 0.3 is 0 Å². The van der Waals surface area contributed by atoms with Gasteiger partial charge in [-0.15, -0.1) is 0 Å². The van der Waals surface area contributed by atoms with Crippen molar-refractivity contribution in [2.75, 3.05) is 4.90 Å². The number of ether oxygens (including phenoxy) is 1. The van der Waals surface area contributed by atoms with Crippen molar-refractivity contribution in [1.82, 2.24) is 4.57 Å². The Hall–Kier alpha value is -3.55. The number of amides is 2. The third-order valence-electron chi connectivity index (χ3n) is 5.98. The van der Waals surface area contributed by atoms with E-state index in [0.29, 0.717) is 17.2 Å². The van der Waals surface area contributed by atoms with Crippen LogP contribution in [0.25, 0.3) is 11.8 Å². The molecular formula is C29H23BrN2O3S. The number of para-hydroxylation sites is 1. The van der Waals surface area contributed by atoms with Crippen molar-refractivity contribution in [2.45, 2.75) is 20.5 Å². The van der Waals surface area contributed by atoms with Crippen LogP contribution in [0.3, 0.4) is 0 Å². The topological polar surface area (TPSA) is 51.5 Å². The zero-order valence-electron chi connectivity index (χ0n) is 19.8. The maximum Gasteiger partial charge on any atom is 0.298 e. The number of thioether (sulfide) groups is 1. The molecule has 36 heavy (non-hydrogen) atoms. The summed E-state index contributed by atoms with van der Waals surface area (Å²) in [5, 5.41) is -0.287. The van der Waals surface area contributed by atoms with E-state index >= 15 is 0 Å². The fourth-order valence-electron chi connectivity index (χ4n) is 4.18. The van der Waals surface area contributed by atoms with E-state index in [9.17, 15) is 9.59 Å². The van der Waals surface area contributed by atoms with E-state index in [-0.39, 0.29) is 11.1 Å². The highest BCUT2D eigenvalue weighted by atomic mass is 79.9. The van der Waals surface area contributed by atoms with E-state index in [1.54, 1.807) is 12.1 Å². The van der Waals surface area contributed by atoms with Crippen molar-refractivity contribution in [1.29, 1.82) is 0 Å². The summed E-state index contributed by atoms with van der Waals surface area (Å²) in [6.45, 7) is 4.53. The number of rotatable bonds is 6. The second-order valence-corrected chi connectivity index (χ2v) is 10.3. The number of halogens is 1. The van der Waals surface area contributed by atoms with E-state index in [2.05, 4.69) is 20.5 Å². The van der Waals surface area contributed by atoms with Crippen molar-refractivity contribution >= 4 is 50.6 Å². The molecule has 0 radical (unpaired) electrons. The monoisotopic (exact) mass is 558 g/mol. The van der Waals surface area contributed by atoms with Crippen molar-refractivity contribution < 1.29 is 14.3 Å².